The lowest BCUT2D eigenvalue weighted by Gasteiger charge is -2.06. The molecule has 2 aromatic heterocycles. The van der Waals surface area contributed by atoms with E-state index in [9.17, 15) is 14.0 Å². The van der Waals surface area contributed by atoms with Gasteiger partial charge in [0.1, 0.15) is 11.4 Å². The predicted molar refractivity (Wildman–Crippen MR) is 98.2 cm³/mol. The Hall–Kier alpha value is -2.54. The highest BCUT2D eigenvalue weighted by molar-refractivity contribution is 7.17. The van der Waals surface area contributed by atoms with Crippen LogP contribution in [-0.2, 0) is 19.4 Å². The number of halogens is 1. The molecule has 5 nitrogen and oxygen atoms in total. The lowest BCUT2D eigenvalue weighted by Crippen LogP contribution is -2.31. The molecule has 0 atom stereocenters. The van der Waals surface area contributed by atoms with Crippen molar-refractivity contribution in [3.05, 3.63) is 68.3 Å². The Balaban J connectivity index is 1.62. The van der Waals surface area contributed by atoms with Gasteiger partial charge in [0.15, 0.2) is 4.96 Å². The van der Waals surface area contributed by atoms with Gasteiger partial charge in [-0.3, -0.25) is 14.0 Å². The first-order valence-corrected chi connectivity index (χ1v) is 9.50. The lowest BCUT2D eigenvalue weighted by atomic mass is 10.2. The maximum Gasteiger partial charge on any atom is 0.271 e. The van der Waals surface area contributed by atoms with Crippen LogP contribution in [0.25, 0.3) is 4.96 Å². The molecule has 0 saturated heterocycles. The van der Waals surface area contributed by atoms with Crippen LogP contribution in [0.4, 0.5) is 4.39 Å². The van der Waals surface area contributed by atoms with Crippen LogP contribution >= 0.6 is 11.3 Å². The number of rotatable bonds is 3. The molecule has 26 heavy (non-hydrogen) atoms. The fraction of sp³-hybridized carbons (Fsp3) is 0.316. The van der Waals surface area contributed by atoms with Crippen LogP contribution in [0.1, 0.15) is 45.8 Å². The molecule has 0 aliphatic heterocycles. The third kappa shape index (κ3) is 3.14. The first-order valence-electron chi connectivity index (χ1n) is 8.68. The second kappa shape index (κ2) is 6.99. The standard InChI is InChI=1S/C19H18FN3O2S/c20-13-8-6-12(7-9-13)10-21-17(24)14-11-22-19-23(18(14)25)15-4-2-1-3-5-16(15)26-19/h6-9,11H,1-5,10H2,(H,21,24). The predicted octanol–water partition coefficient (Wildman–Crippen LogP) is 3.09. The van der Waals surface area contributed by atoms with Gasteiger partial charge in [-0.1, -0.05) is 18.6 Å². The van der Waals surface area contributed by atoms with E-state index < -0.39 is 5.91 Å². The van der Waals surface area contributed by atoms with Crippen LogP contribution in [0.3, 0.4) is 0 Å². The van der Waals surface area contributed by atoms with Gasteiger partial charge in [0.2, 0.25) is 0 Å². The average molecular weight is 371 g/mol. The monoisotopic (exact) mass is 371 g/mol. The highest BCUT2D eigenvalue weighted by Crippen LogP contribution is 2.27. The van der Waals surface area contributed by atoms with Crippen molar-refractivity contribution in [2.45, 2.75) is 38.6 Å². The molecule has 4 rings (SSSR count). The van der Waals surface area contributed by atoms with E-state index in [1.54, 1.807) is 27.9 Å². The number of carbonyl (C=O) groups excluding carboxylic acids is 1. The van der Waals surface area contributed by atoms with Crippen LogP contribution in [0, 0.1) is 5.82 Å². The first kappa shape index (κ1) is 16.9. The van der Waals surface area contributed by atoms with Gasteiger partial charge in [-0.15, -0.1) is 11.3 Å². The Labute approximate surface area is 153 Å². The number of aromatic nitrogens is 2. The molecule has 2 heterocycles. The molecular formula is C19H18FN3O2S. The Kier molecular flexibility index (Phi) is 4.55. The molecule has 7 heteroatoms. The fourth-order valence-electron chi connectivity index (χ4n) is 3.28. The van der Waals surface area contributed by atoms with E-state index >= 15 is 0 Å². The normalized spacial score (nSPS) is 14.0. The van der Waals surface area contributed by atoms with Gasteiger partial charge >= 0.3 is 0 Å². The maximum atomic E-state index is 12.9. The van der Waals surface area contributed by atoms with Gasteiger partial charge in [-0.2, -0.15) is 0 Å². The largest absolute Gasteiger partial charge is 0.348 e. The summed E-state index contributed by atoms with van der Waals surface area (Å²) >= 11 is 1.54. The van der Waals surface area contributed by atoms with E-state index in [1.807, 2.05) is 0 Å². The topological polar surface area (TPSA) is 63.5 Å². The molecule has 1 amide bonds. The molecule has 1 N–H and O–H groups in total. The molecule has 1 aliphatic carbocycles. The Morgan fingerprint density at radius 3 is 2.77 bits per heavy atom. The number of hydrogen-bond donors (Lipinski definition) is 1. The fourth-order valence-corrected chi connectivity index (χ4v) is 4.45. The van der Waals surface area contributed by atoms with Crippen molar-refractivity contribution in [2.24, 2.45) is 0 Å². The summed E-state index contributed by atoms with van der Waals surface area (Å²) in [7, 11) is 0. The highest BCUT2D eigenvalue weighted by Gasteiger charge is 2.20. The minimum Gasteiger partial charge on any atom is -0.348 e. The SMILES string of the molecule is O=C(NCc1ccc(F)cc1)c1cnc2sc3c(n2c1=O)CCCCC3. The Morgan fingerprint density at radius 1 is 1.19 bits per heavy atom. The zero-order valence-electron chi connectivity index (χ0n) is 14.1. The summed E-state index contributed by atoms with van der Waals surface area (Å²) in [6.07, 6.45) is 6.49. The summed E-state index contributed by atoms with van der Waals surface area (Å²) in [4.78, 5) is 31.6. The molecule has 0 fully saturated rings. The Bertz CT molecular complexity index is 1020. The highest BCUT2D eigenvalue weighted by atomic mass is 32.1. The molecular weight excluding hydrogens is 353 g/mol. The number of nitrogens with zero attached hydrogens (tertiary/aromatic N) is 2. The van der Waals surface area contributed by atoms with Crippen LogP contribution in [0.15, 0.2) is 35.3 Å². The van der Waals surface area contributed by atoms with Crippen LogP contribution in [-0.4, -0.2) is 15.3 Å². The van der Waals surface area contributed by atoms with Crippen molar-refractivity contribution >= 4 is 22.2 Å². The third-order valence-corrected chi connectivity index (χ3v) is 5.82. The molecule has 0 spiro atoms. The number of aryl methyl sites for hydroxylation is 2. The van der Waals surface area contributed by atoms with Gasteiger partial charge < -0.3 is 5.32 Å². The van der Waals surface area contributed by atoms with E-state index in [2.05, 4.69) is 10.3 Å². The quantitative estimate of drug-likeness (QED) is 0.720. The lowest BCUT2D eigenvalue weighted by molar-refractivity contribution is 0.0949. The number of carbonyl (C=O) groups is 1. The molecule has 3 aromatic rings. The molecule has 134 valence electrons. The van der Waals surface area contributed by atoms with Crippen LogP contribution in [0.5, 0.6) is 0 Å². The van der Waals surface area contributed by atoms with E-state index in [1.165, 1.54) is 23.2 Å². The van der Waals surface area contributed by atoms with E-state index in [0.717, 1.165) is 43.4 Å². The van der Waals surface area contributed by atoms with Crippen molar-refractivity contribution in [1.29, 1.82) is 0 Å². The number of hydrogen-bond acceptors (Lipinski definition) is 4. The Morgan fingerprint density at radius 2 is 1.96 bits per heavy atom. The summed E-state index contributed by atoms with van der Waals surface area (Å²) in [5.74, 6) is -0.791. The summed E-state index contributed by atoms with van der Waals surface area (Å²) in [6.45, 7) is 0.225. The van der Waals surface area contributed by atoms with Crippen molar-refractivity contribution < 1.29 is 9.18 Å². The molecule has 0 radical (unpaired) electrons. The molecule has 0 bridgehead atoms. The van der Waals surface area contributed by atoms with Gasteiger partial charge in [-0.05, 0) is 43.4 Å². The van der Waals surface area contributed by atoms with Gasteiger partial charge in [0, 0.05) is 23.3 Å². The summed E-state index contributed by atoms with van der Waals surface area (Å²) in [5, 5.41) is 2.71. The van der Waals surface area contributed by atoms with Crippen molar-refractivity contribution in [3.63, 3.8) is 0 Å². The summed E-state index contributed by atoms with van der Waals surface area (Å²) in [6, 6.07) is 5.88. The average Bonchev–Trinajstić information content (AvgIpc) is 2.84. The van der Waals surface area contributed by atoms with Crippen molar-refractivity contribution in [3.8, 4) is 0 Å². The smallest absolute Gasteiger partial charge is 0.271 e. The molecule has 0 saturated carbocycles. The maximum absolute atomic E-state index is 12.9. The number of thiazole rings is 1. The molecule has 0 unspecified atom stereocenters. The van der Waals surface area contributed by atoms with Gasteiger partial charge in [0.25, 0.3) is 11.5 Å². The summed E-state index contributed by atoms with van der Waals surface area (Å²) in [5.41, 5.74) is 1.49. The first-order chi connectivity index (χ1) is 12.6. The molecule has 1 aliphatic rings. The molecule has 1 aromatic carbocycles. The van der Waals surface area contributed by atoms with E-state index in [0.29, 0.717) is 4.96 Å². The number of fused-ring (bicyclic) bond motifs is 3. The van der Waals surface area contributed by atoms with E-state index in [-0.39, 0.29) is 23.5 Å². The second-order valence-corrected chi connectivity index (χ2v) is 7.50. The summed E-state index contributed by atoms with van der Waals surface area (Å²) < 4.78 is 14.6. The zero-order chi connectivity index (χ0) is 18.1. The minimum absolute atomic E-state index is 0.0365. The second-order valence-electron chi connectivity index (χ2n) is 6.44. The number of benzene rings is 1. The van der Waals surface area contributed by atoms with Gasteiger partial charge in [-0.25, -0.2) is 9.37 Å². The van der Waals surface area contributed by atoms with Crippen LogP contribution in [0.2, 0.25) is 0 Å². The van der Waals surface area contributed by atoms with Crippen molar-refractivity contribution in [1.82, 2.24) is 14.7 Å². The zero-order valence-corrected chi connectivity index (χ0v) is 14.9. The van der Waals surface area contributed by atoms with E-state index in [4.69, 9.17) is 0 Å². The number of nitrogens with one attached hydrogen (secondary N) is 1. The number of amides is 1. The minimum atomic E-state index is -0.463. The third-order valence-electron chi connectivity index (χ3n) is 4.66. The van der Waals surface area contributed by atoms with Crippen LogP contribution < -0.4 is 10.9 Å². The van der Waals surface area contributed by atoms with Crippen molar-refractivity contribution in [2.75, 3.05) is 0 Å². The van der Waals surface area contributed by atoms with Gasteiger partial charge in [0.05, 0.1) is 0 Å².